The number of hydrogen-bond acceptors (Lipinski definition) is 6. The third-order valence-corrected chi connectivity index (χ3v) is 5.82. The van der Waals surface area contributed by atoms with Crippen molar-refractivity contribution in [3.63, 3.8) is 0 Å². The minimum absolute atomic E-state index is 0.326. The Hall–Kier alpha value is -4.08. The maximum atomic E-state index is 13.3. The van der Waals surface area contributed by atoms with Gasteiger partial charge in [0.05, 0.1) is 37.6 Å². The fourth-order valence-corrected chi connectivity index (χ4v) is 4.11. The molecule has 8 nitrogen and oxygen atoms in total. The zero-order valence-corrected chi connectivity index (χ0v) is 19.4. The van der Waals surface area contributed by atoms with Gasteiger partial charge in [-0.25, -0.2) is 13.8 Å². The Bertz CT molecular complexity index is 1270. The molecule has 0 spiro atoms. The molecule has 0 saturated carbocycles. The second kappa shape index (κ2) is 10.5. The number of carbonyl (C=O) groups is 1. The number of benzene rings is 2. The summed E-state index contributed by atoms with van der Waals surface area (Å²) in [5.74, 6) is 5.73. The Morgan fingerprint density at radius 3 is 2.77 bits per heavy atom. The Balaban J connectivity index is 1.60. The summed E-state index contributed by atoms with van der Waals surface area (Å²) in [4.78, 5) is 22.9. The smallest absolute Gasteiger partial charge is 0.256 e. The van der Waals surface area contributed by atoms with E-state index in [2.05, 4.69) is 15.1 Å². The van der Waals surface area contributed by atoms with Crippen molar-refractivity contribution >= 4 is 23.5 Å². The Kier molecular flexibility index (Phi) is 7.19. The number of nitrogens with two attached hydrogens (primary N) is 1. The summed E-state index contributed by atoms with van der Waals surface area (Å²) in [7, 11) is 1.55. The van der Waals surface area contributed by atoms with Crippen LogP contribution in [-0.2, 0) is 11.2 Å². The van der Waals surface area contributed by atoms with Crippen LogP contribution >= 0.6 is 0 Å². The predicted molar refractivity (Wildman–Crippen MR) is 131 cm³/mol. The molecule has 1 atom stereocenters. The number of nitrogens with zero attached hydrogens (tertiary/aromatic N) is 5. The molecule has 2 N–H and O–H groups in total. The third-order valence-electron chi connectivity index (χ3n) is 5.82. The van der Waals surface area contributed by atoms with Crippen LogP contribution in [0.3, 0.4) is 0 Å². The van der Waals surface area contributed by atoms with Crippen LogP contribution < -0.4 is 15.5 Å². The molecule has 10 heteroatoms. The number of methoxy groups -OCH3 is 1. The molecule has 2 aromatic carbocycles. The number of rotatable bonds is 7. The van der Waals surface area contributed by atoms with Gasteiger partial charge in [-0.05, 0) is 43.5 Å². The molecule has 35 heavy (non-hydrogen) atoms. The van der Waals surface area contributed by atoms with E-state index in [1.165, 1.54) is 6.21 Å². The monoisotopic (exact) mass is 480 g/mol. The van der Waals surface area contributed by atoms with E-state index in [9.17, 15) is 13.6 Å². The van der Waals surface area contributed by atoms with E-state index in [1.54, 1.807) is 37.7 Å². The van der Waals surface area contributed by atoms with E-state index in [1.807, 2.05) is 35.9 Å². The summed E-state index contributed by atoms with van der Waals surface area (Å²) in [6, 6.07) is 11.7. The van der Waals surface area contributed by atoms with Crippen molar-refractivity contribution in [3.8, 4) is 11.4 Å². The predicted octanol–water partition coefficient (Wildman–Crippen LogP) is 3.54. The number of imidazole rings is 1. The van der Waals surface area contributed by atoms with Crippen molar-refractivity contribution in [1.29, 1.82) is 0 Å². The number of aliphatic imine (C=N–C) groups is 1. The lowest BCUT2D eigenvalue weighted by Crippen LogP contribution is -2.40. The maximum absolute atomic E-state index is 13.3. The SMILES string of the molecule is COc1cc(/C(C=NC2CCc3ccccc3N(CC(F)F)C2=O)=N/N)ccc1-n1cnc(C)c1. The molecule has 182 valence electrons. The molecule has 1 amide bonds. The van der Waals surface area contributed by atoms with Crippen LogP contribution in [-0.4, -0.2) is 53.5 Å². The quantitative estimate of drug-likeness (QED) is 0.318. The number of halogens is 2. The summed E-state index contributed by atoms with van der Waals surface area (Å²) < 4.78 is 33.9. The number of aryl methyl sites for hydroxylation is 2. The Morgan fingerprint density at radius 2 is 2.09 bits per heavy atom. The zero-order valence-electron chi connectivity index (χ0n) is 19.4. The van der Waals surface area contributed by atoms with E-state index in [4.69, 9.17) is 10.6 Å². The second-order valence-corrected chi connectivity index (χ2v) is 8.12. The van der Waals surface area contributed by atoms with Gasteiger partial charge in [-0.1, -0.05) is 24.3 Å². The lowest BCUT2D eigenvalue weighted by atomic mass is 10.1. The number of para-hydroxylation sites is 1. The van der Waals surface area contributed by atoms with Gasteiger partial charge in [-0.3, -0.25) is 9.79 Å². The number of alkyl halides is 2. The van der Waals surface area contributed by atoms with E-state index in [0.717, 1.165) is 21.8 Å². The minimum atomic E-state index is -2.67. The van der Waals surface area contributed by atoms with Gasteiger partial charge < -0.3 is 20.0 Å². The maximum Gasteiger partial charge on any atom is 0.256 e. The fourth-order valence-electron chi connectivity index (χ4n) is 4.11. The van der Waals surface area contributed by atoms with Crippen molar-refractivity contribution in [2.24, 2.45) is 15.9 Å². The number of anilines is 1. The largest absolute Gasteiger partial charge is 0.495 e. The first kappa shape index (κ1) is 24.1. The molecule has 1 aromatic heterocycles. The molecule has 2 heterocycles. The molecular weight excluding hydrogens is 454 g/mol. The van der Waals surface area contributed by atoms with Crippen LogP contribution in [0.5, 0.6) is 5.75 Å². The average Bonchev–Trinajstić information content (AvgIpc) is 3.25. The van der Waals surface area contributed by atoms with E-state index in [-0.39, 0.29) is 0 Å². The highest BCUT2D eigenvalue weighted by molar-refractivity contribution is 6.38. The van der Waals surface area contributed by atoms with Gasteiger partial charge in [0.1, 0.15) is 17.5 Å². The van der Waals surface area contributed by atoms with Gasteiger partial charge in [-0.2, -0.15) is 5.10 Å². The number of aromatic nitrogens is 2. The van der Waals surface area contributed by atoms with Crippen LogP contribution in [0.25, 0.3) is 5.69 Å². The van der Waals surface area contributed by atoms with Crippen molar-refractivity contribution < 1.29 is 18.3 Å². The molecule has 0 bridgehead atoms. The van der Waals surface area contributed by atoms with E-state index in [0.29, 0.717) is 35.6 Å². The standard InChI is InChI=1S/C25H26F2N6O2/c1-16-13-32(15-30-16)22-10-8-18(11-23(22)35-2)20(31-28)12-29-19-9-7-17-5-3-4-6-21(17)33(25(19)34)14-24(26)27/h3-6,8,10-13,15,19,24H,7,9,14,28H2,1-2H3/b29-12?,31-20+. The van der Waals surface area contributed by atoms with Crippen LogP contribution in [0.15, 0.2) is 65.1 Å². The first-order valence-corrected chi connectivity index (χ1v) is 11.1. The third kappa shape index (κ3) is 5.21. The first-order chi connectivity index (χ1) is 16.9. The first-order valence-electron chi connectivity index (χ1n) is 11.1. The molecule has 1 unspecified atom stereocenters. The number of carbonyl (C=O) groups excluding carboxylic acids is 1. The number of fused-ring (bicyclic) bond motifs is 1. The van der Waals surface area contributed by atoms with E-state index < -0.39 is 24.9 Å². The average molecular weight is 481 g/mol. The molecule has 4 rings (SSSR count). The van der Waals surface area contributed by atoms with Crippen molar-refractivity contribution in [3.05, 3.63) is 71.8 Å². The number of hydrogen-bond donors (Lipinski definition) is 1. The summed E-state index contributed by atoms with van der Waals surface area (Å²) >= 11 is 0. The fraction of sp³-hybridized carbons (Fsp3) is 0.280. The molecule has 0 aliphatic carbocycles. The molecule has 0 radical (unpaired) electrons. The van der Waals surface area contributed by atoms with Crippen molar-refractivity contribution in [2.45, 2.75) is 32.2 Å². The topological polar surface area (TPSA) is 98.1 Å². The van der Waals surface area contributed by atoms with Gasteiger partial charge in [0.2, 0.25) is 0 Å². The highest BCUT2D eigenvalue weighted by atomic mass is 19.3. The summed E-state index contributed by atoms with van der Waals surface area (Å²) in [6.07, 6.45) is 3.22. The van der Waals surface area contributed by atoms with Crippen LogP contribution in [0.4, 0.5) is 14.5 Å². The normalized spacial score (nSPS) is 16.6. The Morgan fingerprint density at radius 1 is 1.29 bits per heavy atom. The highest BCUT2D eigenvalue weighted by Crippen LogP contribution is 2.29. The van der Waals surface area contributed by atoms with Gasteiger partial charge in [-0.15, -0.1) is 0 Å². The summed E-state index contributed by atoms with van der Waals surface area (Å²) in [5.41, 5.74) is 3.93. The van der Waals surface area contributed by atoms with Gasteiger partial charge in [0.25, 0.3) is 12.3 Å². The molecule has 3 aromatic rings. The number of ether oxygens (including phenoxy) is 1. The number of hydrazone groups is 1. The Labute approximate surface area is 201 Å². The summed E-state index contributed by atoms with van der Waals surface area (Å²) in [5, 5.41) is 3.83. The van der Waals surface area contributed by atoms with Crippen LogP contribution in [0.1, 0.15) is 23.2 Å². The van der Waals surface area contributed by atoms with E-state index >= 15 is 0 Å². The van der Waals surface area contributed by atoms with Crippen LogP contribution in [0, 0.1) is 6.92 Å². The molecule has 0 saturated heterocycles. The summed E-state index contributed by atoms with van der Waals surface area (Å²) in [6.45, 7) is 1.20. The highest BCUT2D eigenvalue weighted by Gasteiger charge is 2.31. The van der Waals surface area contributed by atoms with Gasteiger partial charge in [0.15, 0.2) is 0 Å². The molecule has 1 aliphatic heterocycles. The molecule has 0 fully saturated rings. The van der Waals surface area contributed by atoms with Crippen LogP contribution in [0.2, 0.25) is 0 Å². The second-order valence-electron chi connectivity index (χ2n) is 8.12. The lowest BCUT2D eigenvalue weighted by Gasteiger charge is -2.24. The van der Waals surface area contributed by atoms with Gasteiger partial charge >= 0.3 is 0 Å². The van der Waals surface area contributed by atoms with Crippen molar-refractivity contribution in [2.75, 3.05) is 18.6 Å². The van der Waals surface area contributed by atoms with Gasteiger partial charge in [0, 0.05) is 17.4 Å². The molecule has 1 aliphatic rings. The minimum Gasteiger partial charge on any atom is -0.495 e. The number of amides is 1. The van der Waals surface area contributed by atoms with Crippen molar-refractivity contribution in [1.82, 2.24) is 9.55 Å². The molecular formula is C25H26F2N6O2. The zero-order chi connectivity index (χ0) is 24.9. The lowest BCUT2D eigenvalue weighted by molar-refractivity contribution is -0.120.